The van der Waals surface area contributed by atoms with Crippen molar-refractivity contribution in [1.82, 2.24) is 9.80 Å². The Hall–Kier alpha value is -1.66. The maximum Gasteiger partial charge on any atom is 0.276 e. The van der Waals surface area contributed by atoms with Crippen LogP contribution in [0.25, 0.3) is 0 Å². The van der Waals surface area contributed by atoms with Crippen LogP contribution in [0.5, 0.6) is 5.75 Å². The Kier molecular flexibility index (Phi) is 5.52. The van der Waals surface area contributed by atoms with Gasteiger partial charge in [0.05, 0.1) is 18.1 Å². The molecule has 1 aromatic carbocycles. The van der Waals surface area contributed by atoms with Crippen LogP contribution in [-0.2, 0) is 6.42 Å². The molecule has 6 nitrogen and oxygen atoms in total. The SMILES string of the molecule is COc1ccc(CCCN2CCN(C)CC2)c([N+](=O)[O-])c1. The molecule has 0 aliphatic carbocycles. The summed E-state index contributed by atoms with van der Waals surface area (Å²) in [5, 5.41) is 11.1. The van der Waals surface area contributed by atoms with E-state index in [-0.39, 0.29) is 10.6 Å². The van der Waals surface area contributed by atoms with Crippen LogP contribution in [-0.4, -0.2) is 61.6 Å². The lowest BCUT2D eigenvalue weighted by Crippen LogP contribution is -2.44. The Morgan fingerprint density at radius 1 is 1.29 bits per heavy atom. The Bertz CT molecular complexity index is 485. The Balaban J connectivity index is 1.89. The number of piperazine rings is 1. The van der Waals surface area contributed by atoms with Gasteiger partial charge < -0.3 is 14.5 Å². The van der Waals surface area contributed by atoms with E-state index in [1.54, 1.807) is 12.1 Å². The third kappa shape index (κ3) is 4.41. The van der Waals surface area contributed by atoms with Crippen LogP contribution in [0.2, 0.25) is 0 Å². The minimum Gasteiger partial charge on any atom is -0.497 e. The molecule has 0 atom stereocenters. The van der Waals surface area contributed by atoms with Crippen molar-refractivity contribution in [2.45, 2.75) is 12.8 Å². The van der Waals surface area contributed by atoms with Crippen LogP contribution < -0.4 is 4.74 Å². The van der Waals surface area contributed by atoms with Crippen molar-refractivity contribution in [3.8, 4) is 5.75 Å². The lowest BCUT2D eigenvalue weighted by Gasteiger charge is -2.32. The number of methoxy groups -OCH3 is 1. The molecule has 0 saturated carbocycles. The zero-order valence-corrected chi connectivity index (χ0v) is 12.7. The van der Waals surface area contributed by atoms with E-state index in [0.29, 0.717) is 5.75 Å². The predicted octanol–water partition coefficient (Wildman–Crippen LogP) is 1.78. The highest BCUT2D eigenvalue weighted by atomic mass is 16.6. The molecule has 6 heteroatoms. The van der Waals surface area contributed by atoms with Crippen molar-refractivity contribution in [3.05, 3.63) is 33.9 Å². The first-order valence-corrected chi connectivity index (χ1v) is 7.32. The number of nitrogens with zero attached hydrogens (tertiary/aromatic N) is 3. The highest BCUT2D eigenvalue weighted by Crippen LogP contribution is 2.25. The van der Waals surface area contributed by atoms with Crippen LogP contribution in [0, 0.1) is 10.1 Å². The van der Waals surface area contributed by atoms with Gasteiger partial charge >= 0.3 is 0 Å². The molecule has 0 aromatic heterocycles. The average molecular weight is 293 g/mol. The highest BCUT2D eigenvalue weighted by Gasteiger charge is 2.16. The van der Waals surface area contributed by atoms with Gasteiger partial charge in [-0.15, -0.1) is 0 Å². The predicted molar refractivity (Wildman–Crippen MR) is 81.9 cm³/mol. The van der Waals surface area contributed by atoms with Gasteiger partial charge in [-0.1, -0.05) is 0 Å². The molecule has 2 rings (SSSR count). The largest absolute Gasteiger partial charge is 0.497 e. The van der Waals surface area contributed by atoms with E-state index in [9.17, 15) is 10.1 Å². The molecule has 0 N–H and O–H groups in total. The summed E-state index contributed by atoms with van der Waals surface area (Å²) < 4.78 is 5.05. The number of hydrogen-bond acceptors (Lipinski definition) is 5. The van der Waals surface area contributed by atoms with E-state index in [1.165, 1.54) is 13.2 Å². The first-order chi connectivity index (χ1) is 10.1. The van der Waals surface area contributed by atoms with Gasteiger partial charge in [0.2, 0.25) is 0 Å². The molecule has 21 heavy (non-hydrogen) atoms. The molecular formula is C15H23N3O3. The summed E-state index contributed by atoms with van der Waals surface area (Å²) in [5.41, 5.74) is 0.947. The minimum absolute atomic E-state index is 0.160. The lowest BCUT2D eigenvalue weighted by molar-refractivity contribution is -0.385. The molecule has 0 amide bonds. The fourth-order valence-electron chi connectivity index (χ4n) is 2.62. The van der Waals surface area contributed by atoms with Gasteiger partial charge in [-0.3, -0.25) is 10.1 Å². The van der Waals surface area contributed by atoms with Gasteiger partial charge in [-0.2, -0.15) is 0 Å². The minimum atomic E-state index is -0.326. The summed E-state index contributed by atoms with van der Waals surface area (Å²) in [4.78, 5) is 15.5. The van der Waals surface area contributed by atoms with Crippen LogP contribution in [0.15, 0.2) is 18.2 Å². The summed E-state index contributed by atoms with van der Waals surface area (Å²) in [6, 6.07) is 5.10. The van der Waals surface area contributed by atoms with Crippen molar-refractivity contribution in [2.75, 3.05) is 46.9 Å². The molecule has 0 spiro atoms. The maximum absolute atomic E-state index is 11.1. The molecule has 1 fully saturated rings. The number of benzene rings is 1. The molecule has 1 aliphatic heterocycles. The van der Waals surface area contributed by atoms with Crippen LogP contribution in [0.1, 0.15) is 12.0 Å². The van der Waals surface area contributed by atoms with E-state index in [2.05, 4.69) is 16.8 Å². The third-order valence-corrected chi connectivity index (χ3v) is 4.01. The standard InChI is InChI=1S/C15H23N3O3/c1-16-8-10-17(11-9-16)7-3-4-13-5-6-14(21-2)12-15(13)18(19)20/h5-6,12H,3-4,7-11H2,1-2H3. The zero-order valence-electron chi connectivity index (χ0n) is 12.7. The van der Waals surface area contributed by atoms with Crippen molar-refractivity contribution in [2.24, 2.45) is 0 Å². The third-order valence-electron chi connectivity index (χ3n) is 4.01. The first-order valence-electron chi connectivity index (χ1n) is 7.32. The Morgan fingerprint density at radius 2 is 2.00 bits per heavy atom. The average Bonchev–Trinajstić information content (AvgIpc) is 2.49. The molecule has 0 unspecified atom stereocenters. The summed E-state index contributed by atoms with van der Waals surface area (Å²) in [5.74, 6) is 0.532. The summed E-state index contributed by atoms with van der Waals surface area (Å²) in [6.07, 6.45) is 1.67. The number of aryl methyl sites for hydroxylation is 1. The normalized spacial score (nSPS) is 16.9. The van der Waals surface area contributed by atoms with Crippen molar-refractivity contribution < 1.29 is 9.66 Å². The second-order valence-corrected chi connectivity index (χ2v) is 5.50. The van der Waals surface area contributed by atoms with Gasteiger partial charge in [-0.25, -0.2) is 0 Å². The molecule has 116 valence electrons. The summed E-state index contributed by atoms with van der Waals surface area (Å²) in [7, 11) is 3.66. The number of hydrogen-bond donors (Lipinski definition) is 0. The van der Waals surface area contributed by atoms with E-state index in [4.69, 9.17) is 4.74 Å². The van der Waals surface area contributed by atoms with E-state index < -0.39 is 0 Å². The molecule has 0 radical (unpaired) electrons. The number of ether oxygens (including phenoxy) is 1. The van der Waals surface area contributed by atoms with Crippen LogP contribution in [0.3, 0.4) is 0 Å². The second kappa shape index (κ2) is 7.38. The molecule has 0 bridgehead atoms. The molecule has 1 aromatic rings. The highest BCUT2D eigenvalue weighted by molar-refractivity contribution is 5.46. The van der Waals surface area contributed by atoms with Crippen molar-refractivity contribution in [3.63, 3.8) is 0 Å². The molecule has 1 saturated heterocycles. The van der Waals surface area contributed by atoms with Gasteiger partial charge in [0.25, 0.3) is 5.69 Å². The van der Waals surface area contributed by atoms with Gasteiger partial charge in [0.1, 0.15) is 5.75 Å². The van der Waals surface area contributed by atoms with Crippen LogP contribution in [0.4, 0.5) is 5.69 Å². The topological polar surface area (TPSA) is 58.8 Å². The van der Waals surface area contributed by atoms with Crippen molar-refractivity contribution in [1.29, 1.82) is 0 Å². The zero-order chi connectivity index (χ0) is 15.2. The fraction of sp³-hybridized carbons (Fsp3) is 0.600. The molecule has 1 aliphatic rings. The Morgan fingerprint density at radius 3 is 2.62 bits per heavy atom. The molecular weight excluding hydrogens is 270 g/mol. The van der Waals surface area contributed by atoms with Gasteiger partial charge in [0.15, 0.2) is 0 Å². The fourth-order valence-corrected chi connectivity index (χ4v) is 2.62. The smallest absolute Gasteiger partial charge is 0.276 e. The quantitative estimate of drug-likeness (QED) is 0.591. The van der Waals surface area contributed by atoms with Gasteiger partial charge in [0, 0.05) is 31.7 Å². The first kappa shape index (κ1) is 15.7. The number of nitro benzene ring substituents is 1. The second-order valence-electron chi connectivity index (χ2n) is 5.50. The van der Waals surface area contributed by atoms with E-state index in [0.717, 1.165) is 51.1 Å². The lowest BCUT2D eigenvalue weighted by atomic mass is 10.1. The summed E-state index contributed by atoms with van der Waals surface area (Å²) >= 11 is 0. The molecule has 1 heterocycles. The summed E-state index contributed by atoms with van der Waals surface area (Å²) in [6.45, 7) is 5.37. The van der Waals surface area contributed by atoms with Crippen LogP contribution >= 0.6 is 0 Å². The maximum atomic E-state index is 11.1. The van der Waals surface area contributed by atoms with E-state index >= 15 is 0 Å². The number of rotatable bonds is 6. The number of likely N-dealkylation sites (N-methyl/N-ethyl adjacent to an activating group) is 1. The van der Waals surface area contributed by atoms with Crippen molar-refractivity contribution >= 4 is 5.69 Å². The monoisotopic (exact) mass is 293 g/mol. The number of nitro groups is 1. The Labute approximate surface area is 125 Å². The van der Waals surface area contributed by atoms with Gasteiger partial charge in [-0.05, 0) is 38.6 Å². The van der Waals surface area contributed by atoms with E-state index in [1.807, 2.05) is 0 Å².